The Kier molecular flexibility index (Phi) is 7.01. The normalized spacial score (nSPS) is 22.2. The average molecular weight is 442 g/mol. The van der Waals surface area contributed by atoms with Gasteiger partial charge in [-0.1, -0.05) is 19.3 Å². The van der Waals surface area contributed by atoms with E-state index in [1.165, 1.54) is 51.2 Å². The summed E-state index contributed by atoms with van der Waals surface area (Å²) in [5.41, 5.74) is 0.914. The van der Waals surface area contributed by atoms with Gasteiger partial charge in [-0.3, -0.25) is 10.2 Å². The third-order valence-corrected chi connectivity index (χ3v) is 6.63. The number of amides is 1. The Morgan fingerprint density at radius 2 is 2.03 bits per heavy atom. The molecule has 2 aliphatic rings. The van der Waals surface area contributed by atoms with Crippen molar-refractivity contribution in [2.45, 2.75) is 57.5 Å². The summed E-state index contributed by atoms with van der Waals surface area (Å²) in [7, 11) is 0. The molecule has 1 aliphatic carbocycles. The molecule has 1 saturated carbocycles. The number of nitrogens with one attached hydrogen (secondary N) is 3. The Bertz CT molecular complexity index is 992. The van der Waals surface area contributed by atoms with E-state index in [-0.39, 0.29) is 24.4 Å². The zero-order chi connectivity index (χ0) is 22.7. The number of hydrogen-bond donors (Lipinski definition) is 4. The Balaban J connectivity index is 1.60. The second kappa shape index (κ2) is 9.92. The van der Waals surface area contributed by atoms with Crippen LogP contribution in [0.5, 0.6) is 0 Å². The summed E-state index contributed by atoms with van der Waals surface area (Å²) < 4.78 is 13.8. The maximum absolute atomic E-state index is 13.8. The Hall–Kier alpha value is -2.58. The van der Waals surface area contributed by atoms with Crippen LogP contribution in [0, 0.1) is 17.1 Å². The highest BCUT2D eigenvalue weighted by molar-refractivity contribution is 6.09. The van der Waals surface area contributed by atoms with Crippen LogP contribution in [0.2, 0.25) is 0 Å². The maximum atomic E-state index is 13.8. The van der Waals surface area contributed by atoms with Gasteiger partial charge in [-0.15, -0.1) is 0 Å². The van der Waals surface area contributed by atoms with Crippen molar-refractivity contribution in [2.24, 2.45) is 5.92 Å². The summed E-state index contributed by atoms with van der Waals surface area (Å²) in [5, 5.41) is 24.6. The number of piperidine rings is 1. The van der Waals surface area contributed by atoms with Crippen molar-refractivity contribution in [3.63, 3.8) is 0 Å². The van der Waals surface area contributed by atoms with Crippen molar-refractivity contribution < 1.29 is 14.3 Å². The highest BCUT2D eigenvalue weighted by Crippen LogP contribution is 2.29. The third-order valence-electron chi connectivity index (χ3n) is 6.63. The molecular formula is C24H32FN5O2. The summed E-state index contributed by atoms with van der Waals surface area (Å²) in [6.07, 6.45) is 7.04. The van der Waals surface area contributed by atoms with Gasteiger partial charge in [0.25, 0.3) is 5.91 Å². The first-order chi connectivity index (χ1) is 15.4. The molecule has 172 valence electrons. The fourth-order valence-electron chi connectivity index (χ4n) is 4.98. The van der Waals surface area contributed by atoms with Crippen LogP contribution in [0.3, 0.4) is 0 Å². The van der Waals surface area contributed by atoms with Gasteiger partial charge in [-0.2, -0.15) is 0 Å². The lowest BCUT2D eigenvalue weighted by Gasteiger charge is -2.41. The van der Waals surface area contributed by atoms with Gasteiger partial charge in [0.1, 0.15) is 11.6 Å². The molecule has 0 radical (unpaired) electrons. The molecule has 7 nitrogen and oxygen atoms in total. The Morgan fingerprint density at radius 3 is 2.75 bits per heavy atom. The van der Waals surface area contributed by atoms with E-state index >= 15 is 0 Å². The number of nitrogens with zero attached hydrogens (tertiary/aromatic N) is 2. The molecule has 2 aromatic rings. The summed E-state index contributed by atoms with van der Waals surface area (Å²) in [6.45, 7) is 2.83. The monoisotopic (exact) mass is 441 g/mol. The lowest BCUT2D eigenvalue weighted by atomic mass is 9.89. The van der Waals surface area contributed by atoms with E-state index in [0.717, 1.165) is 6.42 Å². The summed E-state index contributed by atoms with van der Waals surface area (Å²) in [5.74, 6) is -0.260. The van der Waals surface area contributed by atoms with E-state index in [9.17, 15) is 14.3 Å². The number of carbonyl (C=O) groups is 1. The predicted octanol–water partition coefficient (Wildman–Crippen LogP) is 3.21. The number of halogens is 1. The summed E-state index contributed by atoms with van der Waals surface area (Å²) >= 11 is 0. The van der Waals surface area contributed by atoms with Gasteiger partial charge in [0.15, 0.2) is 0 Å². The van der Waals surface area contributed by atoms with Crippen molar-refractivity contribution >= 4 is 28.5 Å². The van der Waals surface area contributed by atoms with Crippen LogP contribution in [0.15, 0.2) is 24.3 Å². The lowest BCUT2D eigenvalue weighted by molar-refractivity contribution is 0.0976. The third kappa shape index (κ3) is 5.07. The number of anilines is 1. The molecule has 4 N–H and O–H groups in total. The molecule has 2 unspecified atom stereocenters. The number of rotatable bonds is 5. The number of carbonyl (C=O) groups excluding carboxylic acids is 1. The van der Waals surface area contributed by atoms with Gasteiger partial charge in [0.05, 0.1) is 16.9 Å². The number of amidine groups is 1. The Labute approximate surface area is 187 Å². The van der Waals surface area contributed by atoms with Crippen molar-refractivity contribution in [1.29, 1.82) is 5.41 Å². The van der Waals surface area contributed by atoms with E-state index in [4.69, 9.17) is 10.4 Å². The summed E-state index contributed by atoms with van der Waals surface area (Å²) in [4.78, 5) is 19.6. The minimum atomic E-state index is -0.436. The minimum Gasteiger partial charge on any atom is -0.396 e. The molecule has 2 heterocycles. The van der Waals surface area contributed by atoms with Crippen LogP contribution < -0.4 is 15.5 Å². The van der Waals surface area contributed by atoms with Crippen LogP contribution in [0.25, 0.3) is 10.9 Å². The van der Waals surface area contributed by atoms with Gasteiger partial charge >= 0.3 is 0 Å². The van der Waals surface area contributed by atoms with Crippen LogP contribution in [0.1, 0.15) is 55.8 Å². The van der Waals surface area contributed by atoms with Crippen molar-refractivity contribution in [2.75, 3.05) is 24.6 Å². The molecule has 2 atom stereocenters. The number of pyridine rings is 1. The standard InChI is InChI=1S/C24H32FN5O2/c1-15(26)27-24(32)20-12-16-11-18(25)7-8-21(16)29-23(20)30-10-9-22(17(13-30)14-31)28-19-5-3-2-4-6-19/h7-8,11-12,17,19,22,28,31H,2-6,9-10,13-14H2,1H3,(H2,26,27,32). The molecule has 1 amide bonds. The largest absolute Gasteiger partial charge is 0.396 e. The molecule has 1 aromatic heterocycles. The minimum absolute atomic E-state index is 0.0248. The second-order valence-electron chi connectivity index (χ2n) is 9.06. The van der Waals surface area contributed by atoms with Gasteiger partial charge < -0.3 is 20.6 Å². The highest BCUT2D eigenvalue weighted by Gasteiger charge is 2.33. The molecular weight excluding hydrogens is 409 g/mol. The average Bonchev–Trinajstić information content (AvgIpc) is 2.78. The van der Waals surface area contributed by atoms with E-state index in [2.05, 4.69) is 10.6 Å². The number of aliphatic hydroxyl groups excluding tert-OH is 1. The first-order valence-corrected chi connectivity index (χ1v) is 11.5. The highest BCUT2D eigenvalue weighted by atomic mass is 19.1. The smallest absolute Gasteiger partial charge is 0.260 e. The van der Waals surface area contributed by atoms with Gasteiger partial charge in [-0.25, -0.2) is 9.37 Å². The number of aliphatic hydroxyl groups is 1. The van der Waals surface area contributed by atoms with Crippen LogP contribution in [0.4, 0.5) is 10.2 Å². The van der Waals surface area contributed by atoms with Crippen molar-refractivity contribution in [3.05, 3.63) is 35.6 Å². The number of fused-ring (bicyclic) bond motifs is 1. The molecule has 32 heavy (non-hydrogen) atoms. The maximum Gasteiger partial charge on any atom is 0.260 e. The number of hydrogen-bond acceptors (Lipinski definition) is 6. The molecule has 1 aromatic carbocycles. The SMILES string of the molecule is CC(=N)NC(=O)c1cc2cc(F)ccc2nc1N1CCC(NC2CCCCC2)C(CO)C1. The van der Waals surface area contributed by atoms with Crippen LogP contribution in [-0.2, 0) is 0 Å². The van der Waals surface area contributed by atoms with Gasteiger partial charge in [0.2, 0.25) is 0 Å². The topological polar surface area (TPSA) is 101 Å². The van der Waals surface area contributed by atoms with Crippen LogP contribution in [-0.4, -0.2) is 53.6 Å². The first-order valence-electron chi connectivity index (χ1n) is 11.5. The summed E-state index contributed by atoms with van der Waals surface area (Å²) in [6, 6.07) is 6.71. The molecule has 0 spiro atoms. The predicted molar refractivity (Wildman–Crippen MR) is 124 cm³/mol. The lowest BCUT2D eigenvalue weighted by Crippen LogP contribution is -2.54. The van der Waals surface area contributed by atoms with Gasteiger partial charge in [-0.05, 0) is 50.5 Å². The molecule has 2 fully saturated rings. The quantitative estimate of drug-likeness (QED) is 0.422. The van der Waals surface area contributed by atoms with E-state index in [0.29, 0.717) is 41.4 Å². The zero-order valence-electron chi connectivity index (χ0n) is 18.5. The zero-order valence-corrected chi connectivity index (χ0v) is 18.5. The molecule has 4 rings (SSSR count). The molecule has 1 aliphatic heterocycles. The van der Waals surface area contributed by atoms with Crippen molar-refractivity contribution in [3.8, 4) is 0 Å². The molecule has 0 bridgehead atoms. The van der Waals surface area contributed by atoms with Crippen LogP contribution >= 0.6 is 0 Å². The number of benzene rings is 1. The number of aromatic nitrogens is 1. The molecule has 8 heteroatoms. The van der Waals surface area contributed by atoms with E-state index < -0.39 is 11.7 Å². The molecule has 1 saturated heterocycles. The van der Waals surface area contributed by atoms with Gasteiger partial charge in [0, 0.05) is 43.1 Å². The van der Waals surface area contributed by atoms with Crippen molar-refractivity contribution in [1.82, 2.24) is 15.6 Å². The second-order valence-corrected chi connectivity index (χ2v) is 9.06. The fraction of sp³-hybridized carbons (Fsp3) is 0.542. The van der Waals surface area contributed by atoms with E-state index in [1.807, 2.05) is 4.90 Å². The fourth-order valence-corrected chi connectivity index (χ4v) is 4.98. The van der Waals surface area contributed by atoms with E-state index in [1.54, 1.807) is 12.1 Å². The first kappa shape index (κ1) is 22.6. The Morgan fingerprint density at radius 1 is 1.25 bits per heavy atom.